The first-order valence-electron chi connectivity index (χ1n) is 11.7. The van der Waals surface area contributed by atoms with E-state index in [2.05, 4.69) is 29.2 Å². The van der Waals surface area contributed by atoms with Crippen LogP contribution in [-0.4, -0.2) is 84.3 Å². The number of benzene rings is 2. The second-order valence-corrected chi connectivity index (χ2v) is 8.90. The van der Waals surface area contributed by atoms with Crippen molar-refractivity contribution >= 4 is 11.8 Å². The van der Waals surface area contributed by atoms with Crippen molar-refractivity contribution in [3.63, 3.8) is 0 Å². The number of rotatable bonds is 7. The van der Waals surface area contributed by atoms with Crippen LogP contribution in [0.15, 0.2) is 60.7 Å². The summed E-state index contributed by atoms with van der Waals surface area (Å²) >= 11 is 0. The Labute approximate surface area is 191 Å². The largest absolute Gasteiger partial charge is 0.341 e. The molecule has 2 amide bonds. The summed E-state index contributed by atoms with van der Waals surface area (Å²) in [7, 11) is 1.90. The van der Waals surface area contributed by atoms with Gasteiger partial charge in [-0.3, -0.25) is 19.4 Å². The number of likely N-dealkylation sites (tertiary alicyclic amines) is 1. The molecule has 32 heavy (non-hydrogen) atoms. The van der Waals surface area contributed by atoms with E-state index in [4.69, 9.17) is 0 Å². The molecule has 0 aliphatic carbocycles. The molecule has 6 heteroatoms. The second kappa shape index (κ2) is 10.7. The summed E-state index contributed by atoms with van der Waals surface area (Å²) < 4.78 is 0. The Morgan fingerprint density at radius 1 is 0.812 bits per heavy atom. The van der Waals surface area contributed by atoms with Gasteiger partial charge in [-0.1, -0.05) is 60.7 Å². The van der Waals surface area contributed by atoms with Crippen LogP contribution < -0.4 is 0 Å². The molecule has 2 fully saturated rings. The molecule has 0 N–H and O–H groups in total. The van der Waals surface area contributed by atoms with Crippen LogP contribution in [0.4, 0.5) is 0 Å². The van der Waals surface area contributed by atoms with Gasteiger partial charge in [-0.2, -0.15) is 0 Å². The Morgan fingerprint density at radius 2 is 1.41 bits per heavy atom. The predicted molar refractivity (Wildman–Crippen MR) is 126 cm³/mol. The van der Waals surface area contributed by atoms with Crippen LogP contribution in [0.1, 0.15) is 30.0 Å². The van der Waals surface area contributed by atoms with Gasteiger partial charge in [0, 0.05) is 45.8 Å². The third kappa shape index (κ3) is 5.56. The van der Waals surface area contributed by atoms with E-state index >= 15 is 0 Å². The summed E-state index contributed by atoms with van der Waals surface area (Å²) in [5, 5.41) is 0. The van der Waals surface area contributed by atoms with E-state index in [1.807, 2.05) is 58.1 Å². The van der Waals surface area contributed by atoms with Crippen LogP contribution in [0, 0.1) is 0 Å². The van der Waals surface area contributed by atoms with E-state index in [0.29, 0.717) is 0 Å². The smallest absolute Gasteiger partial charge is 0.244 e. The zero-order valence-electron chi connectivity index (χ0n) is 19.0. The average molecular weight is 435 g/mol. The molecule has 0 aromatic heterocycles. The maximum atomic E-state index is 13.3. The summed E-state index contributed by atoms with van der Waals surface area (Å²) in [5.74, 6) is 0.207. The first-order chi connectivity index (χ1) is 15.6. The highest BCUT2D eigenvalue weighted by Crippen LogP contribution is 2.24. The van der Waals surface area contributed by atoms with E-state index in [1.54, 1.807) is 0 Å². The summed E-state index contributed by atoms with van der Waals surface area (Å²) in [6, 6.07) is 19.9. The molecule has 1 unspecified atom stereocenters. The van der Waals surface area contributed by atoms with Crippen molar-refractivity contribution in [2.45, 2.75) is 25.4 Å². The number of piperazine rings is 1. The molecule has 170 valence electrons. The summed E-state index contributed by atoms with van der Waals surface area (Å²) in [6.45, 7) is 6.01. The van der Waals surface area contributed by atoms with Crippen LogP contribution in [0.2, 0.25) is 0 Å². The molecule has 2 aliphatic heterocycles. The van der Waals surface area contributed by atoms with Gasteiger partial charge in [0.15, 0.2) is 0 Å². The highest BCUT2D eigenvalue weighted by Gasteiger charge is 2.32. The summed E-state index contributed by atoms with van der Waals surface area (Å²) in [5.41, 5.74) is 2.26. The van der Waals surface area contributed by atoms with Gasteiger partial charge in [-0.05, 0) is 31.0 Å². The lowest BCUT2D eigenvalue weighted by Gasteiger charge is -2.36. The minimum Gasteiger partial charge on any atom is -0.341 e. The fraction of sp³-hybridized carbons (Fsp3) is 0.462. The minimum absolute atomic E-state index is 0.0991. The van der Waals surface area contributed by atoms with Gasteiger partial charge in [-0.15, -0.1) is 0 Å². The van der Waals surface area contributed by atoms with E-state index < -0.39 is 6.04 Å². The van der Waals surface area contributed by atoms with Gasteiger partial charge in [-0.25, -0.2) is 0 Å². The Morgan fingerprint density at radius 3 is 2.03 bits per heavy atom. The highest BCUT2D eigenvalue weighted by molar-refractivity contribution is 5.85. The Kier molecular flexibility index (Phi) is 7.55. The molecule has 1 atom stereocenters. The number of hydrogen-bond donors (Lipinski definition) is 0. The molecular weight excluding hydrogens is 400 g/mol. The van der Waals surface area contributed by atoms with Gasteiger partial charge in [0.1, 0.15) is 6.04 Å². The van der Waals surface area contributed by atoms with E-state index in [1.165, 1.54) is 5.56 Å². The van der Waals surface area contributed by atoms with Crippen LogP contribution >= 0.6 is 0 Å². The van der Waals surface area contributed by atoms with E-state index in [0.717, 1.165) is 64.2 Å². The summed E-state index contributed by atoms with van der Waals surface area (Å²) in [6.07, 6.45) is 2.12. The first-order valence-corrected chi connectivity index (χ1v) is 11.7. The lowest BCUT2D eigenvalue weighted by Crippen LogP contribution is -2.51. The average Bonchev–Trinajstić information content (AvgIpc) is 3.36. The van der Waals surface area contributed by atoms with Crippen molar-refractivity contribution in [3.8, 4) is 0 Å². The minimum atomic E-state index is -0.419. The fourth-order valence-electron chi connectivity index (χ4n) is 4.73. The quantitative estimate of drug-likeness (QED) is 0.672. The second-order valence-electron chi connectivity index (χ2n) is 8.90. The normalized spacial score (nSPS) is 18.2. The van der Waals surface area contributed by atoms with Crippen molar-refractivity contribution in [1.29, 1.82) is 0 Å². The third-order valence-corrected chi connectivity index (χ3v) is 6.57. The molecular formula is C26H34N4O2. The topological polar surface area (TPSA) is 47.1 Å². The fourth-order valence-corrected chi connectivity index (χ4v) is 4.73. The molecule has 0 radical (unpaired) electrons. The SMILES string of the molecule is CN(CC(=O)N1CCN(Cc2ccccc2)CC1)C(C(=O)N1CCCC1)c1ccccc1. The molecule has 2 heterocycles. The molecule has 0 spiro atoms. The van der Waals surface area contributed by atoms with Crippen LogP contribution in [-0.2, 0) is 16.1 Å². The van der Waals surface area contributed by atoms with Gasteiger partial charge in [0.25, 0.3) is 0 Å². The predicted octanol–water partition coefficient (Wildman–Crippen LogP) is 2.63. The van der Waals surface area contributed by atoms with Crippen molar-refractivity contribution < 1.29 is 9.59 Å². The molecule has 2 saturated heterocycles. The highest BCUT2D eigenvalue weighted by atomic mass is 16.2. The standard InChI is InChI=1S/C26H34N4O2/c1-27(25(23-12-6-3-7-13-23)26(32)30-14-8-9-15-30)21-24(31)29-18-16-28(17-19-29)20-22-10-4-2-5-11-22/h2-7,10-13,25H,8-9,14-21H2,1H3. The Balaban J connectivity index is 1.35. The third-order valence-electron chi connectivity index (χ3n) is 6.57. The Bertz CT molecular complexity index is 875. The zero-order chi connectivity index (χ0) is 22.3. The number of carbonyl (C=O) groups excluding carboxylic acids is 2. The molecule has 2 aromatic rings. The maximum absolute atomic E-state index is 13.3. The van der Waals surface area contributed by atoms with E-state index in [-0.39, 0.29) is 18.4 Å². The summed E-state index contributed by atoms with van der Waals surface area (Å²) in [4.78, 5) is 34.6. The van der Waals surface area contributed by atoms with E-state index in [9.17, 15) is 9.59 Å². The first kappa shape index (κ1) is 22.5. The van der Waals surface area contributed by atoms with Gasteiger partial charge < -0.3 is 9.80 Å². The van der Waals surface area contributed by atoms with Crippen molar-refractivity contribution in [2.24, 2.45) is 0 Å². The molecule has 0 bridgehead atoms. The maximum Gasteiger partial charge on any atom is 0.244 e. The lowest BCUT2D eigenvalue weighted by atomic mass is 10.0. The molecule has 0 saturated carbocycles. The molecule has 2 aromatic carbocycles. The van der Waals surface area contributed by atoms with Crippen LogP contribution in [0.3, 0.4) is 0 Å². The lowest BCUT2D eigenvalue weighted by molar-refractivity contribution is -0.139. The van der Waals surface area contributed by atoms with Gasteiger partial charge in [0.05, 0.1) is 6.54 Å². The number of hydrogen-bond acceptors (Lipinski definition) is 4. The monoisotopic (exact) mass is 434 g/mol. The molecule has 6 nitrogen and oxygen atoms in total. The number of carbonyl (C=O) groups is 2. The number of nitrogens with zero attached hydrogens (tertiary/aromatic N) is 4. The van der Waals surface area contributed by atoms with Gasteiger partial charge >= 0.3 is 0 Å². The van der Waals surface area contributed by atoms with Crippen molar-refractivity contribution in [1.82, 2.24) is 19.6 Å². The number of amides is 2. The zero-order valence-corrected chi connectivity index (χ0v) is 19.0. The van der Waals surface area contributed by atoms with Crippen LogP contribution in [0.5, 0.6) is 0 Å². The Hall–Kier alpha value is -2.70. The van der Waals surface area contributed by atoms with Gasteiger partial charge in [0.2, 0.25) is 11.8 Å². The molecule has 4 rings (SSSR count). The molecule has 2 aliphatic rings. The number of likely N-dealkylation sites (N-methyl/N-ethyl adjacent to an activating group) is 1. The van der Waals surface area contributed by atoms with Crippen molar-refractivity contribution in [3.05, 3.63) is 71.8 Å². The van der Waals surface area contributed by atoms with Crippen molar-refractivity contribution in [2.75, 3.05) is 52.9 Å². The van der Waals surface area contributed by atoms with Crippen LogP contribution in [0.25, 0.3) is 0 Å².